The van der Waals surface area contributed by atoms with E-state index in [0.717, 1.165) is 35.3 Å². The number of carbonyl (C=O) groups excluding carboxylic acids is 1. The smallest absolute Gasteiger partial charge is 0.182 e. The van der Waals surface area contributed by atoms with Crippen molar-refractivity contribution >= 4 is 28.4 Å². The van der Waals surface area contributed by atoms with Gasteiger partial charge in [0, 0.05) is 23.9 Å². The second-order valence-corrected chi connectivity index (χ2v) is 7.43. The third kappa shape index (κ3) is 5.23. The number of methoxy groups -OCH3 is 2. The Hall–Kier alpha value is -2.67. The summed E-state index contributed by atoms with van der Waals surface area (Å²) >= 11 is 1.65. The lowest BCUT2D eigenvalue weighted by atomic mass is 10.1. The number of carbonyl (C=O) groups is 1. The Morgan fingerprint density at radius 1 is 1.10 bits per heavy atom. The molecule has 1 heterocycles. The molecule has 0 bridgehead atoms. The van der Waals surface area contributed by atoms with Crippen LogP contribution in [0.2, 0.25) is 0 Å². The number of ketones is 1. The van der Waals surface area contributed by atoms with E-state index in [0.29, 0.717) is 23.7 Å². The summed E-state index contributed by atoms with van der Waals surface area (Å²) in [6.45, 7) is 3.43. The molecule has 0 fully saturated rings. The van der Waals surface area contributed by atoms with Gasteiger partial charge in [0.1, 0.15) is 17.2 Å². The second kappa shape index (κ2) is 10.2. The van der Waals surface area contributed by atoms with Crippen LogP contribution in [0, 0.1) is 0 Å². The van der Waals surface area contributed by atoms with Crippen molar-refractivity contribution in [1.29, 1.82) is 0 Å². The first-order chi connectivity index (χ1) is 14.2. The number of anilines is 1. The average molecular weight is 415 g/mol. The molecule has 0 aliphatic carbocycles. The summed E-state index contributed by atoms with van der Waals surface area (Å²) in [5.74, 6) is 3.08. The van der Waals surface area contributed by atoms with Gasteiger partial charge in [-0.25, -0.2) is 0 Å². The van der Waals surface area contributed by atoms with E-state index in [9.17, 15) is 4.79 Å². The highest BCUT2D eigenvalue weighted by molar-refractivity contribution is 8.14. The van der Waals surface area contributed by atoms with Crippen LogP contribution < -0.4 is 19.1 Å². The molecular weight excluding hydrogens is 388 g/mol. The third-order valence-corrected chi connectivity index (χ3v) is 5.58. The van der Waals surface area contributed by atoms with E-state index in [1.807, 2.05) is 42.2 Å². The van der Waals surface area contributed by atoms with E-state index in [1.165, 1.54) is 0 Å². The minimum absolute atomic E-state index is 0.00760. The van der Waals surface area contributed by atoms with Crippen molar-refractivity contribution < 1.29 is 19.0 Å². The maximum absolute atomic E-state index is 13.1. The van der Waals surface area contributed by atoms with Gasteiger partial charge in [-0.05, 0) is 49.7 Å². The van der Waals surface area contributed by atoms with Crippen LogP contribution in [0.25, 0.3) is 0 Å². The molecule has 0 saturated carbocycles. The molecular formula is C22H26N2O4S. The normalized spacial score (nSPS) is 13.4. The highest BCUT2D eigenvalue weighted by Gasteiger charge is 2.24. The minimum atomic E-state index is -0.00760. The number of hydrogen-bond acceptors (Lipinski definition) is 7. The van der Waals surface area contributed by atoms with Crippen molar-refractivity contribution in [3.05, 3.63) is 48.0 Å². The lowest BCUT2D eigenvalue weighted by molar-refractivity contribution is 0.100. The Morgan fingerprint density at radius 2 is 1.86 bits per heavy atom. The lowest BCUT2D eigenvalue weighted by Gasteiger charge is -2.28. The molecule has 0 radical (unpaired) electrons. The minimum Gasteiger partial charge on any atom is -0.497 e. The monoisotopic (exact) mass is 414 g/mol. The SMILES string of the molecule is CCOc1ccc(C(=O)CN(C2=NCCCS2)c2cc(OC)ccc2OC)cc1. The fraction of sp³-hybridized carbons (Fsp3) is 0.364. The maximum atomic E-state index is 13.1. The molecule has 0 unspecified atom stereocenters. The molecule has 7 heteroatoms. The van der Waals surface area contributed by atoms with Gasteiger partial charge in [0.05, 0.1) is 33.1 Å². The van der Waals surface area contributed by atoms with Crippen LogP contribution in [0.1, 0.15) is 23.7 Å². The molecule has 3 rings (SSSR count). The van der Waals surface area contributed by atoms with Crippen molar-refractivity contribution in [2.75, 3.05) is 44.6 Å². The summed E-state index contributed by atoms with van der Waals surface area (Å²) in [4.78, 5) is 19.7. The van der Waals surface area contributed by atoms with Gasteiger partial charge in [-0.1, -0.05) is 11.8 Å². The highest BCUT2D eigenvalue weighted by atomic mass is 32.2. The summed E-state index contributed by atoms with van der Waals surface area (Å²) < 4.78 is 16.4. The molecule has 2 aromatic rings. The van der Waals surface area contributed by atoms with Crippen LogP contribution in [-0.4, -0.2) is 50.6 Å². The Bertz CT molecular complexity index is 868. The number of benzene rings is 2. The average Bonchev–Trinajstić information content (AvgIpc) is 2.78. The number of rotatable bonds is 8. The molecule has 0 spiro atoms. The van der Waals surface area contributed by atoms with Gasteiger partial charge in [-0.15, -0.1) is 0 Å². The van der Waals surface area contributed by atoms with Gasteiger partial charge < -0.3 is 19.1 Å². The maximum Gasteiger partial charge on any atom is 0.182 e. The molecule has 2 aromatic carbocycles. The number of amidine groups is 1. The van der Waals surface area contributed by atoms with Crippen LogP contribution in [0.3, 0.4) is 0 Å². The molecule has 0 saturated heterocycles. The zero-order valence-corrected chi connectivity index (χ0v) is 17.8. The van der Waals surface area contributed by atoms with Crippen molar-refractivity contribution in [1.82, 2.24) is 0 Å². The summed E-state index contributed by atoms with van der Waals surface area (Å²) in [6, 6.07) is 12.8. The number of thioether (sulfide) groups is 1. The van der Waals surface area contributed by atoms with Gasteiger partial charge in [-0.2, -0.15) is 0 Å². The summed E-state index contributed by atoms with van der Waals surface area (Å²) in [5, 5.41) is 0.821. The van der Waals surface area contributed by atoms with Gasteiger partial charge >= 0.3 is 0 Å². The van der Waals surface area contributed by atoms with Crippen molar-refractivity contribution in [3.8, 4) is 17.2 Å². The molecule has 0 N–H and O–H groups in total. The zero-order valence-electron chi connectivity index (χ0n) is 17.0. The van der Waals surface area contributed by atoms with Crippen LogP contribution in [0.4, 0.5) is 5.69 Å². The predicted octanol–water partition coefficient (Wildman–Crippen LogP) is 4.28. The number of Topliss-reactive ketones (excluding diaryl/α,β-unsaturated/α-hetero) is 1. The number of nitrogens with zero attached hydrogens (tertiary/aromatic N) is 2. The van der Waals surface area contributed by atoms with E-state index in [1.54, 1.807) is 38.1 Å². The van der Waals surface area contributed by atoms with Crippen LogP contribution in [0.5, 0.6) is 17.2 Å². The van der Waals surface area contributed by atoms with E-state index in [2.05, 4.69) is 4.99 Å². The van der Waals surface area contributed by atoms with Crippen LogP contribution >= 0.6 is 11.8 Å². The van der Waals surface area contributed by atoms with Gasteiger partial charge in [0.15, 0.2) is 11.0 Å². The quantitative estimate of drug-likeness (QED) is 0.601. The summed E-state index contributed by atoms with van der Waals surface area (Å²) in [7, 11) is 3.24. The second-order valence-electron chi connectivity index (χ2n) is 6.37. The fourth-order valence-electron chi connectivity index (χ4n) is 3.01. The van der Waals surface area contributed by atoms with Crippen molar-refractivity contribution in [2.24, 2.45) is 4.99 Å². The Labute approximate surface area is 175 Å². The van der Waals surface area contributed by atoms with Crippen LogP contribution in [-0.2, 0) is 0 Å². The molecule has 0 atom stereocenters. The number of hydrogen-bond donors (Lipinski definition) is 0. The van der Waals surface area contributed by atoms with Gasteiger partial charge in [-0.3, -0.25) is 9.79 Å². The molecule has 0 amide bonds. The largest absolute Gasteiger partial charge is 0.497 e. The van der Waals surface area contributed by atoms with Crippen molar-refractivity contribution in [2.45, 2.75) is 13.3 Å². The standard InChI is InChI=1S/C22H26N2O4S/c1-4-28-17-8-6-16(7-9-17)20(25)15-24(22-23-12-5-13-29-22)19-14-18(26-2)10-11-21(19)27-3/h6-11,14H,4-5,12-13,15H2,1-3H3. The third-order valence-electron chi connectivity index (χ3n) is 4.48. The zero-order chi connectivity index (χ0) is 20.6. The topological polar surface area (TPSA) is 60.4 Å². The van der Waals surface area contributed by atoms with E-state index >= 15 is 0 Å². The molecule has 154 valence electrons. The Kier molecular flexibility index (Phi) is 7.41. The van der Waals surface area contributed by atoms with Crippen molar-refractivity contribution in [3.63, 3.8) is 0 Å². The Balaban J connectivity index is 1.92. The van der Waals surface area contributed by atoms with Crippen LogP contribution in [0.15, 0.2) is 47.5 Å². The number of ether oxygens (including phenoxy) is 3. The van der Waals surface area contributed by atoms with Gasteiger partial charge in [0.25, 0.3) is 0 Å². The molecule has 6 nitrogen and oxygen atoms in total. The molecule has 0 aromatic heterocycles. The first kappa shape index (κ1) is 21.0. The molecule has 1 aliphatic heterocycles. The highest BCUT2D eigenvalue weighted by Crippen LogP contribution is 2.35. The van der Waals surface area contributed by atoms with E-state index < -0.39 is 0 Å². The first-order valence-corrected chi connectivity index (χ1v) is 10.6. The fourth-order valence-corrected chi connectivity index (χ4v) is 3.97. The summed E-state index contributed by atoms with van der Waals surface area (Å²) in [6.07, 6.45) is 1.03. The Morgan fingerprint density at radius 3 is 2.48 bits per heavy atom. The van der Waals surface area contributed by atoms with Gasteiger partial charge in [0.2, 0.25) is 0 Å². The number of aliphatic imine (C=N–C) groups is 1. The molecule has 29 heavy (non-hydrogen) atoms. The summed E-state index contributed by atoms with van der Waals surface area (Å²) in [5.41, 5.74) is 1.39. The lowest BCUT2D eigenvalue weighted by Crippen LogP contribution is -2.36. The van der Waals surface area contributed by atoms with E-state index in [-0.39, 0.29) is 12.3 Å². The molecule has 1 aliphatic rings. The predicted molar refractivity (Wildman–Crippen MR) is 118 cm³/mol. The first-order valence-electron chi connectivity index (χ1n) is 9.59. The van der Waals surface area contributed by atoms with E-state index in [4.69, 9.17) is 14.2 Å².